The van der Waals surface area contributed by atoms with Crippen molar-refractivity contribution in [2.75, 3.05) is 6.54 Å². The van der Waals surface area contributed by atoms with Gasteiger partial charge in [0.1, 0.15) is 5.41 Å². The number of nitrogens with zero attached hydrogens (tertiary/aromatic N) is 1. The highest BCUT2D eigenvalue weighted by Gasteiger charge is 2.59. The Hall–Kier alpha value is -1.99. The number of carbonyl (C=O) groups is 1. The van der Waals surface area contributed by atoms with E-state index in [1.807, 2.05) is 0 Å². The molecule has 1 heterocycles. The summed E-state index contributed by atoms with van der Waals surface area (Å²) in [4.78, 5) is 15.3. The zero-order valence-electron chi connectivity index (χ0n) is 16.6. The lowest BCUT2D eigenvalue weighted by molar-refractivity contribution is -0.133. The maximum absolute atomic E-state index is 14.9. The van der Waals surface area contributed by atoms with Gasteiger partial charge in [0, 0.05) is 13.0 Å². The number of hydrogen-bond donors (Lipinski definition) is 2. The van der Waals surface area contributed by atoms with Crippen molar-refractivity contribution in [3.05, 3.63) is 53.0 Å². The third kappa shape index (κ3) is 2.97. The van der Waals surface area contributed by atoms with Crippen molar-refractivity contribution in [1.29, 1.82) is 0 Å². The van der Waals surface area contributed by atoms with E-state index < -0.39 is 24.5 Å². The number of benzene rings is 1. The van der Waals surface area contributed by atoms with Crippen molar-refractivity contribution >= 4 is 18.5 Å². The summed E-state index contributed by atoms with van der Waals surface area (Å²) in [6.07, 6.45) is 4.72. The number of amides is 1. The molecule has 4 rings (SSSR count). The minimum atomic E-state index is -1.72. The van der Waals surface area contributed by atoms with Crippen LogP contribution in [-0.2, 0) is 10.2 Å². The number of likely N-dealkylation sites (N-methyl/N-ethyl adjacent to an activating group) is 1. The molecule has 2 atom stereocenters. The SMILES string of the molecule is CCN1C(=O)[C@](c2ccc(B(O)O)cc2)(C2CCCCC2)C2=CCC(F)C(F)=C21. The highest BCUT2D eigenvalue weighted by Crippen LogP contribution is 2.56. The number of hydrogen-bond acceptors (Lipinski definition) is 3. The molecule has 1 saturated carbocycles. The molecule has 1 aliphatic heterocycles. The van der Waals surface area contributed by atoms with Gasteiger partial charge in [-0.1, -0.05) is 49.6 Å². The van der Waals surface area contributed by atoms with E-state index in [0.717, 1.165) is 32.1 Å². The zero-order valence-corrected chi connectivity index (χ0v) is 16.6. The summed E-state index contributed by atoms with van der Waals surface area (Å²) in [5, 5.41) is 18.9. The van der Waals surface area contributed by atoms with Crippen molar-refractivity contribution in [3.8, 4) is 0 Å². The summed E-state index contributed by atoms with van der Waals surface area (Å²) in [5.74, 6) is -1.05. The molecule has 2 aliphatic carbocycles. The molecule has 1 amide bonds. The van der Waals surface area contributed by atoms with Crippen molar-refractivity contribution in [2.45, 2.75) is 57.0 Å². The first kappa shape index (κ1) is 20.3. The van der Waals surface area contributed by atoms with Gasteiger partial charge in [-0.2, -0.15) is 0 Å². The molecule has 1 saturated heterocycles. The Balaban J connectivity index is 1.94. The van der Waals surface area contributed by atoms with Crippen molar-refractivity contribution < 1.29 is 23.6 Å². The van der Waals surface area contributed by atoms with Crippen LogP contribution in [-0.4, -0.2) is 40.7 Å². The van der Waals surface area contributed by atoms with Crippen LogP contribution >= 0.6 is 0 Å². The van der Waals surface area contributed by atoms with Crippen LogP contribution in [0.25, 0.3) is 0 Å². The molecule has 4 nitrogen and oxygen atoms in total. The molecule has 7 heteroatoms. The quantitative estimate of drug-likeness (QED) is 0.763. The van der Waals surface area contributed by atoms with Crippen LogP contribution in [0.4, 0.5) is 8.78 Å². The second kappa shape index (κ2) is 7.69. The van der Waals surface area contributed by atoms with E-state index in [1.54, 1.807) is 37.3 Å². The van der Waals surface area contributed by atoms with Gasteiger partial charge in [0.15, 0.2) is 12.0 Å². The molecule has 29 heavy (non-hydrogen) atoms. The smallest absolute Gasteiger partial charge is 0.423 e. The monoisotopic (exact) mass is 401 g/mol. The lowest BCUT2D eigenvalue weighted by Gasteiger charge is -2.40. The largest absolute Gasteiger partial charge is 0.488 e. The fourth-order valence-corrected chi connectivity index (χ4v) is 5.41. The highest BCUT2D eigenvalue weighted by molar-refractivity contribution is 6.58. The number of carbonyl (C=O) groups excluding carboxylic acids is 1. The molecule has 1 aromatic rings. The van der Waals surface area contributed by atoms with Gasteiger partial charge in [0.05, 0.1) is 5.70 Å². The summed E-state index contributed by atoms with van der Waals surface area (Å²) >= 11 is 0. The summed E-state index contributed by atoms with van der Waals surface area (Å²) < 4.78 is 29.2. The van der Waals surface area contributed by atoms with E-state index in [0.29, 0.717) is 16.6 Å². The molecular weight excluding hydrogens is 375 g/mol. The van der Waals surface area contributed by atoms with Gasteiger partial charge in [0.2, 0.25) is 5.91 Å². The van der Waals surface area contributed by atoms with E-state index in [-0.39, 0.29) is 30.5 Å². The lowest BCUT2D eigenvalue weighted by Crippen LogP contribution is -2.45. The van der Waals surface area contributed by atoms with Gasteiger partial charge in [-0.15, -0.1) is 0 Å². The van der Waals surface area contributed by atoms with Crippen LogP contribution in [0.1, 0.15) is 51.0 Å². The van der Waals surface area contributed by atoms with E-state index in [1.165, 1.54) is 4.90 Å². The molecule has 1 unspecified atom stereocenters. The third-order valence-corrected chi connectivity index (χ3v) is 6.76. The molecule has 0 spiro atoms. The molecule has 0 aromatic heterocycles. The summed E-state index contributed by atoms with van der Waals surface area (Å²) in [6.45, 7) is 2.05. The highest BCUT2D eigenvalue weighted by atomic mass is 19.2. The molecule has 0 bridgehead atoms. The van der Waals surface area contributed by atoms with Crippen LogP contribution in [0.5, 0.6) is 0 Å². The number of alkyl halides is 1. The van der Waals surface area contributed by atoms with Crippen molar-refractivity contribution in [1.82, 2.24) is 4.90 Å². The van der Waals surface area contributed by atoms with E-state index in [9.17, 15) is 23.6 Å². The Morgan fingerprint density at radius 3 is 2.41 bits per heavy atom. The van der Waals surface area contributed by atoms with Crippen LogP contribution in [0.3, 0.4) is 0 Å². The van der Waals surface area contributed by atoms with Gasteiger partial charge in [-0.25, -0.2) is 8.78 Å². The Morgan fingerprint density at radius 2 is 1.83 bits per heavy atom. The Kier molecular flexibility index (Phi) is 5.38. The average Bonchev–Trinajstić information content (AvgIpc) is 3.00. The maximum atomic E-state index is 14.9. The summed E-state index contributed by atoms with van der Waals surface area (Å²) in [7, 11) is -1.60. The van der Waals surface area contributed by atoms with Gasteiger partial charge >= 0.3 is 7.12 Å². The maximum Gasteiger partial charge on any atom is 0.488 e. The summed E-state index contributed by atoms with van der Waals surface area (Å²) in [6, 6.07) is 6.65. The first-order valence-corrected chi connectivity index (χ1v) is 10.5. The number of halogens is 2. The van der Waals surface area contributed by atoms with E-state index in [2.05, 4.69) is 0 Å². The number of fused-ring (bicyclic) bond motifs is 1. The fraction of sp³-hybridized carbons (Fsp3) is 0.500. The summed E-state index contributed by atoms with van der Waals surface area (Å²) in [5.41, 5.74) is 0.674. The molecule has 2 fully saturated rings. The Bertz CT molecular complexity index is 861. The predicted molar refractivity (Wildman–Crippen MR) is 108 cm³/mol. The van der Waals surface area contributed by atoms with Gasteiger partial charge in [-0.05, 0) is 42.3 Å². The van der Waals surface area contributed by atoms with Crippen LogP contribution in [0, 0.1) is 5.92 Å². The lowest BCUT2D eigenvalue weighted by atomic mass is 9.60. The predicted octanol–water partition coefficient (Wildman–Crippen LogP) is 2.90. The minimum Gasteiger partial charge on any atom is -0.423 e. The minimum absolute atomic E-state index is 0.00425. The van der Waals surface area contributed by atoms with Crippen molar-refractivity contribution in [3.63, 3.8) is 0 Å². The second-order valence-corrected chi connectivity index (χ2v) is 8.21. The van der Waals surface area contributed by atoms with Crippen LogP contribution < -0.4 is 5.46 Å². The Morgan fingerprint density at radius 1 is 1.17 bits per heavy atom. The van der Waals surface area contributed by atoms with E-state index >= 15 is 0 Å². The van der Waals surface area contributed by atoms with E-state index in [4.69, 9.17) is 0 Å². The van der Waals surface area contributed by atoms with Gasteiger partial charge in [-0.3, -0.25) is 4.79 Å². The molecule has 0 radical (unpaired) electrons. The standard InChI is InChI=1S/C22H26BF2NO3/c1-2-26-20-17(12-13-18(24)19(20)25)22(21(26)27,14-6-4-3-5-7-14)15-8-10-16(11-9-15)23(28)29/h8-12,14,18,28-29H,2-7,13H2,1H3/t18?,22-/m0/s1. The first-order chi connectivity index (χ1) is 13.9. The molecule has 154 valence electrons. The normalized spacial score (nSPS) is 27.9. The second-order valence-electron chi connectivity index (χ2n) is 8.21. The van der Waals surface area contributed by atoms with Crippen LogP contribution in [0.2, 0.25) is 0 Å². The first-order valence-electron chi connectivity index (χ1n) is 10.5. The molecule has 3 aliphatic rings. The molecular formula is C22H26BF2NO3. The van der Waals surface area contributed by atoms with Crippen molar-refractivity contribution in [2.24, 2.45) is 5.92 Å². The third-order valence-electron chi connectivity index (χ3n) is 6.76. The fourth-order valence-electron chi connectivity index (χ4n) is 5.41. The number of allylic oxidation sites excluding steroid dienone is 3. The van der Waals surface area contributed by atoms with Gasteiger partial charge < -0.3 is 14.9 Å². The topological polar surface area (TPSA) is 60.8 Å². The van der Waals surface area contributed by atoms with Gasteiger partial charge in [0.25, 0.3) is 0 Å². The Labute approximate surface area is 170 Å². The average molecular weight is 401 g/mol. The van der Waals surface area contributed by atoms with Crippen LogP contribution in [0.15, 0.2) is 47.4 Å². The molecule has 2 N–H and O–H groups in total. The molecule has 1 aromatic carbocycles. The number of likely N-dealkylation sites (tertiary alicyclic amines) is 1. The zero-order chi connectivity index (χ0) is 20.8. The number of rotatable bonds is 4.